The second-order valence-corrected chi connectivity index (χ2v) is 6.25. The van der Waals surface area contributed by atoms with E-state index in [1.165, 1.54) is 27.4 Å². The summed E-state index contributed by atoms with van der Waals surface area (Å²) < 4.78 is 15.8. The molecule has 1 heterocycles. The van der Waals surface area contributed by atoms with Crippen molar-refractivity contribution in [1.29, 1.82) is 0 Å². The molecule has 9 heteroatoms. The number of nitrogens with one attached hydrogen (secondary N) is 1. The third-order valence-electron chi connectivity index (χ3n) is 4.18. The van der Waals surface area contributed by atoms with E-state index in [0.29, 0.717) is 10.7 Å². The molecule has 0 unspecified atom stereocenters. The zero-order chi connectivity index (χ0) is 20.4. The molecule has 0 spiro atoms. The summed E-state index contributed by atoms with van der Waals surface area (Å²) >= 11 is 5.90. The number of amides is 2. The fourth-order valence-corrected chi connectivity index (χ4v) is 3.17. The minimum Gasteiger partial charge on any atom is -0.493 e. The van der Waals surface area contributed by atoms with Crippen molar-refractivity contribution in [2.75, 3.05) is 38.1 Å². The lowest BCUT2D eigenvalue weighted by Crippen LogP contribution is -2.37. The fourth-order valence-electron chi connectivity index (χ4n) is 2.98. The monoisotopic (exact) mass is 404 g/mol. The summed E-state index contributed by atoms with van der Waals surface area (Å²) in [6, 6.07) is 8.04. The van der Waals surface area contributed by atoms with Crippen LogP contribution in [0.4, 0.5) is 11.4 Å². The van der Waals surface area contributed by atoms with Crippen LogP contribution in [-0.2, 0) is 9.59 Å². The first kappa shape index (κ1) is 19.5. The molecule has 1 aliphatic heterocycles. The fraction of sp³-hybridized carbons (Fsp3) is 0.211. The van der Waals surface area contributed by atoms with Crippen LogP contribution >= 0.6 is 11.6 Å². The molecule has 0 fully saturated rings. The van der Waals surface area contributed by atoms with Crippen LogP contribution < -0.4 is 24.4 Å². The van der Waals surface area contributed by atoms with Crippen LogP contribution in [0.3, 0.4) is 0 Å². The van der Waals surface area contributed by atoms with Crippen molar-refractivity contribution < 1.29 is 28.6 Å². The Morgan fingerprint density at radius 3 is 2.39 bits per heavy atom. The van der Waals surface area contributed by atoms with Crippen LogP contribution in [0.25, 0.3) is 0 Å². The van der Waals surface area contributed by atoms with E-state index in [0.717, 1.165) is 4.90 Å². The second-order valence-electron chi connectivity index (χ2n) is 5.82. The lowest BCUT2D eigenvalue weighted by molar-refractivity contribution is -0.118. The van der Waals surface area contributed by atoms with E-state index in [-0.39, 0.29) is 35.0 Å². The molecule has 2 aromatic rings. The molecule has 28 heavy (non-hydrogen) atoms. The molecule has 0 saturated carbocycles. The Morgan fingerprint density at radius 2 is 1.79 bits per heavy atom. The number of nitrogens with zero attached hydrogens (tertiary/aromatic N) is 1. The molecule has 3 rings (SSSR count). The predicted molar refractivity (Wildman–Crippen MR) is 103 cm³/mol. The van der Waals surface area contributed by atoms with Crippen molar-refractivity contribution in [2.45, 2.75) is 0 Å². The van der Waals surface area contributed by atoms with Gasteiger partial charge in [0.15, 0.2) is 11.5 Å². The Bertz CT molecular complexity index is 975. The third kappa shape index (κ3) is 3.34. The summed E-state index contributed by atoms with van der Waals surface area (Å²) in [5.41, 5.74) is 0.715. The van der Waals surface area contributed by atoms with Gasteiger partial charge in [-0.25, -0.2) is 0 Å². The number of carbonyl (C=O) groups excluding carboxylic acids is 3. The Labute approximate surface area is 165 Å². The Morgan fingerprint density at radius 1 is 1.07 bits per heavy atom. The molecule has 0 aliphatic carbocycles. The summed E-state index contributed by atoms with van der Waals surface area (Å²) in [7, 11) is 4.16. The Balaban J connectivity index is 1.95. The zero-order valence-electron chi connectivity index (χ0n) is 15.4. The molecule has 146 valence electrons. The quantitative estimate of drug-likeness (QED) is 0.743. The van der Waals surface area contributed by atoms with Gasteiger partial charge in [0, 0.05) is 16.8 Å². The number of fused-ring (bicyclic) bond motifs is 1. The van der Waals surface area contributed by atoms with Crippen molar-refractivity contribution in [3.05, 3.63) is 40.9 Å². The standard InChI is InChI=1S/C19H17ClN2O6/c1-26-13-8-12-15(18(28-3)17(13)27-2)16(24)19(25)22(12)9-14(23)21-11-6-4-5-10(20)7-11/h4-8H,9H2,1-3H3,(H,21,23). The first-order valence-corrected chi connectivity index (χ1v) is 8.53. The lowest BCUT2D eigenvalue weighted by Gasteiger charge is -2.19. The molecule has 0 saturated heterocycles. The summed E-state index contributed by atoms with van der Waals surface area (Å²) in [5, 5.41) is 3.10. The van der Waals surface area contributed by atoms with Crippen LogP contribution in [0.1, 0.15) is 10.4 Å². The molecule has 2 amide bonds. The van der Waals surface area contributed by atoms with Gasteiger partial charge in [0.2, 0.25) is 11.7 Å². The van der Waals surface area contributed by atoms with Crippen molar-refractivity contribution in [2.24, 2.45) is 0 Å². The van der Waals surface area contributed by atoms with Crippen molar-refractivity contribution in [1.82, 2.24) is 0 Å². The van der Waals surface area contributed by atoms with E-state index in [1.807, 2.05) is 0 Å². The highest BCUT2D eigenvalue weighted by Crippen LogP contribution is 2.47. The lowest BCUT2D eigenvalue weighted by atomic mass is 10.1. The normalized spacial score (nSPS) is 12.6. The number of anilines is 2. The summed E-state index contributed by atoms with van der Waals surface area (Å²) in [6.07, 6.45) is 0. The van der Waals surface area contributed by atoms with Gasteiger partial charge in [0.1, 0.15) is 6.54 Å². The summed E-state index contributed by atoms with van der Waals surface area (Å²) in [6.45, 7) is -0.372. The smallest absolute Gasteiger partial charge is 0.300 e. The second kappa shape index (κ2) is 7.77. The van der Waals surface area contributed by atoms with Crippen LogP contribution in [0.5, 0.6) is 17.2 Å². The van der Waals surface area contributed by atoms with E-state index < -0.39 is 17.6 Å². The van der Waals surface area contributed by atoms with Gasteiger partial charge in [-0.05, 0) is 18.2 Å². The average molecular weight is 405 g/mol. The number of Topliss-reactive ketones (excluding diaryl/α,β-unsaturated/α-hetero) is 1. The molecular formula is C19H17ClN2O6. The maximum Gasteiger partial charge on any atom is 0.300 e. The number of hydrogen-bond donors (Lipinski definition) is 1. The number of benzene rings is 2. The van der Waals surface area contributed by atoms with Crippen molar-refractivity contribution >= 4 is 40.6 Å². The highest BCUT2D eigenvalue weighted by molar-refractivity contribution is 6.53. The first-order chi connectivity index (χ1) is 13.4. The third-order valence-corrected chi connectivity index (χ3v) is 4.41. The summed E-state index contributed by atoms with van der Waals surface area (Å²) in [4.78, 5) is 38.5. The van der Waals surface area contributed by atoms with Crippen LogP contribution in [0.2, 0.25) is 5.02 Å². The number of carbonyl (C=O) groups is 3. The number of hydrogen-bond acceptors (Lipinski definition) is 6. The number of rotatable bonds is 6. The van der Waals surface area contributed by atoms with Crippen LogP contribution in [0, 0.1) is 0 Å². The topological polar surface area (TPSA) is 94.2 Å². The van der Waals surface area contributed by atoms with Gasteiger partial charge in [-0.3, -0.25) is 19.3 Å². The molecule has 0 bridgehead atoms. The van der Waals surface area contributed by atoms with Gasteiger partial charge in [0.05, 0.1) is 32.6 Å². The highest BCUT2D eigenvalue weighted by Gasteiger charge is 2.42. The first-order valence-electron chi connectivity index (χ1n) is 8.15. The van der Waals surface area contributed by atoms with Gasteiger partial charge in [-0.15, -0.1) is 0 Å². The van der Waals surface area contributed by atoms with E-state index in [1.54, 1.807) is 24.3 Å². The average Bonchev–Trinajstić information content (AvgIpc) is 2.91. The molecule has 2 aromatic carbocycles. The van der Waals surface area contributed by atoms with Crippen molar-refractivity contribution in [3.63, 3.8) is 0 Å². The number of halogens is 1. The van der Waals surface area contributed by atoms with Crippen LogP contribution in [0.15, 0.2) is 30.3 Å². The maximum absolute atomic E-state index is 12.5. The maximum atomic E-state index is 12.5. The molecular weight excluding hydrogens is 388 g/mol. The van der Waals surface area contributed by atoms with Gasteiger partial charge in [-0.2, -0.15) is 0 Å². The van der Waals surface area contributed by atoms with Crippen molar-refractivity contribution in [3.8, 4) is 17.2 Å². The largest absolute Gasteiger partial charge is 0.493 e. The minimum atomic E-state index is -0.843. The number of ketones is 1. The highest BCUT2D eigenvalue weighted by atomic mass is 35.5. The molecule has 0 radical (unpaired) electrons. The SMILES string of the molecule is COc1cc2c(c(OC)c1OC)C(=O)C(=O)N2CC(=O)Nc1cccc(Cl)c1. The van der Waals surface area contributed by atoms with E-state index in [9.17, 15) is 14.4 Å². The predicted octanol–water partition coefficient (Wildman–Crippen LogP) is 2.53. The van der Waals surface area contributed by atoms with Gasteiger partial charge in [0.25, 0.3) is 11.7 Å². The Kier molecular flexibility index (Phi) is 5.41. The van der Waals surface area contributed by atoms with E-state index >= 15 is 0 Å². The minimum absolute atomic E-state index is 0.0284. The molecule has 0 atom stereocenters. The summed E-state index contributed by atoms with van der Waals surface area (Å²) in [5.74, 6) is -1.60. The van der Waals surface area contributed by atoms with Gasteiger partial charge >= 0.3 is 0 Å². The van der Waals surface area contributed by atoms with E-state index in [4.69, 9.17) is 25.8 Å². The number of ether oxygens (including phenoxy) is 3. The number of methoxy groups -OCH3 is 3. The molecule has 0 aromatic heterocycles. The zero-order valence-corrected chi connectivity index (χ0v) is 16.1. The molecule has 1 aliphatic rings. The molecule has 8 nitrogen and oxygen atoms in total. The Hall–Kier alpha value is -3.26. The van der Waals surface area contributed by atoms with Gasteiger partial charge in [-0.1, -0.05) is 17.7 Å². The van der Waals surface area contributed by atoms with E-state index in [2.05, 4.69) is 5.32 Å². The van der Waals surface area contributed by atoms with Crippen LogP contribution in [-0.4, -0.2) is 45.5 Å². The molecule has 1 N–H and O–H groups in total. The van der Waals surface area contributed by atoms with Gasteiger partial charge < -0.3 is 19.5 Å².